The Bertz CT molecular complexity index is 334. The van der Waals surface area contributed by atoms with Gasteiger partial charge in [-0.15, -0.1) is 0 Å². The van der Waals surface area contributed by atoms with Crippen LogP contribution >= 0.6 is 0 Å². The summed E-state index contributed by atoms with van der Waals surface area (Å²) in [5, 5.41) is 0. The predicted molar refractivity (Wildman–Crippen MR) is 103 cm³/mol. The van der Waals surface area contributed by atoms with Crippen molar-refractivity contribution in [2.24, 2.45) is 11.3 Å². The summed E-state index contributed by atoms with van der Waals surface area (Å²) in [5.74, 6) is 0.608. The number of allylic oxidation sites excluding steroid dienone is 1. The standard InChI is InChI=1S/C22H42O/c1-7-8-9-10-11-15-18-20(21(2,3)4)22(5,6)23-19-16-13-12-14-17-19/h13,16,19-20H,7-12,14-15,17-18H2,1-6H3. The molecule has 0 radical (unpaired) electrons. The average Bonchev–Trinajstić information content (AvgIpc) is 2.45. The van der Waals surface area contributed by atoms with Crippen LogP contribution < -0.4 is 0 Å². The molecule has 2 atom stereocenters. The average molecular weight is 323 g/mol. The van der Waals surface area contributed by atoms with Crippen molar-refractivity contribution in [2.45, 2.75) is 117 Å². The van der Waals surface area contributed by atoms with E-state index in [1.807, 2.05) is 0 Å². The minimum absolute atomic E-state index is 0.0476. The zero-order valence-corrected chi connectivity index (χ0v) is 16.8. The minimum atomic E-state index is -0.0476. The van der Waals surface area contributed by atoms with Gasteiger partial charge in [-0.2, -0.15) is 0 Å². The van der Waals surface area contributed by atoms with E-state index in [0.29, 0.717) is 17.4 Å². The molecule has 1 aliphatic rings. The van der Waals surface area contributed by atoms with Crippen LogP contribution in [0.5, 0.6) is 0 Å². The van der Waals surface area contributed by atoms with Crippen LogP contribution in [-0.4, -0.2) is 11.7 Å². The summed E-state index contributed by atoms with van der Waals surface area (Å²) in [5.41, 5.74) is 0.249. The molecule has 0 aromatic carbocycles. The zero-order chi connectivity index (χ0) is 17.3. The predicted octanol–water partition coefficient (Wildman–Crippen LogP) is 7.30. The highest BCUT2D eigenvalue weighted by Crippen LogP contribution is 2.41. The second-order valence-corrected chi connectivity index (χ2v) is 9.09. The van der Waals surface area contributed by atoms with Crippen LogP contribution in [0.15, 0.2) is 12.2 Å². The molecule has 0 aliphatic heterocycles. The van der Waals surface area contributed by atoms with Gasteiger partial charge in [0.2, 0.25) is 0 Å². The number of hydrogen-bond acceptors (Lipinski definition) is 1. The third kappa shape index (κ3) is 7.88. The summed E-state index contributed by atoms with van der Waals surface area (Å²) in [6, 6.07) is 0. The maximum absolute atomic E-state index is 6.58. The highest BCUT2D eigenvalue weighted by atomic mass is 16.5. The first-order chi connectivity index (χ1) is 10.8. The Morgan fingerprint density at radius 1 is 1.00 bits per heavy atom. The molecule has 1 nitrogen and oxygen atoms in total. The van der Waals surface area contributed by atoms with Crippen LogP contribution in [0, 0.1) is 11.3 Å². The fraction of sp³-hybridized carbons (Fsp3) is 0.909. The van der Waals surface area contributed by atoms with Gasteiger partial charge < -0.3 is 4.74 Å². The number of unbranched alkanes of at least 4 members (excludes halogenated alkanes) is 5. The van der Waals surface area contributed by atoms with Crippen molar-refractivity contribution in [3.05, 3.63) is 12.2 Å². The summed E-state index contributed by atoms with van der Waals surface area (Å²) in [6.45, 7) is 14.1. The fourth-order valence-corrected chi connectivity index (χ4v) is 4.30. The molecule has 1 rings (SSSR count). The van der Waals surface area contributed by atoms with E-state index in [4.69, 9.17) is 4.74 Å². The van der Waals surface area contributed by atoms with Crippen molar-refractivity contribution in [1.82, 2.24) is 0 Å². The third-order valence-electron chi connectivity index (χ3n) is 5.40. The van der Waals surface area contributed by atoms with Gasteiger partial charge in [0.15, 0.2) is 0 Å². The molecule has 0 aromatic rings. The minimum Gasteiger partial charge on any atom is -0.368 e. The van der Waals surface area contributed by atoms with Gasteiger partial charge in [0.25, 0.3) is 0 Å². The molecule has 1 heteroatoms. The third-order valence-corrected chi connectivity index (χ3v) is 5.40. The molecular weight excluding hydrogens is 280 g/mol. The van der Waals surface area contributed by atoms with Crippen LogP contribution in [0.4, 0.5) is 0 Å². The molecule has 0 fully saturated rings. The maximum Gasteiger partial charge on any atom is 0.0763 e. The summed E-state index contributed by atoms with van der Waals surface area (Å²) in [6.07, 6.45) is 18.1. The Morgan fingerprint density at radius 3 is 2.22 bits per heavy atom. The monoisotopic (exact) mass is 322 g/mol. The summed E-state index contributed by atoms with van der Waals surface area (Å²) < 4.78 is 6.58. The van der Waals surface area contributed by atoms with Gasteiger partial charge in [-0.3, -0.25) is 0 Å². The Balaban J connectivity index is 2.54. The van der Waals surface area contributed by atoms with E-state index >= 15 is 0 Å². The van der Waals surface area contributed by atoms with Gasteiger partial charge >= 0.3 is 0 Å². The number of ether oxygens (including phenoxy) is 1. The highest BCUT2D eigenvalue weighted by molar-refractivity contribution is 4.97. The van der Waals surface area contributed by atoms with Crippen LogP contribution in [-0.2, 0) is 4.74 Å². The Labute approximate surface area is 146 Å². The SMILES string of the molecule is CCCCCCCCC(C(C)(C)C)C(C)(C)OC1C=CCCC1. The largest absolute Gasteiger partial charge is 0.368 e. The number of hydrogen-bond donors (Lipinski definition) is 0. The molecule has 0 heterocycles. The molecule has 0 N–H and O–H groups in total. The highest BCUT2D eigenvalue weighted by Gasteiger charge is 2.39. The molecule has 136 valence electrons. The van der Waals surface area contributed by atoms with Gasteiger partial charge in [-0.25, -0.2) is 0 Å². The van der Waals surface area contributed by atoms with Crippen molar-refractivity contribution in [2.75, 3.05) is 0 Å². The van der Waals surface area contributed by atoms with E-state index in [1.165, 1.54) is 64.2 Å². The summed E-state index contributed by atoms with van der Waals surface area (Å²) in [7, 11) is 0. The second kappa shape index (κ2) is 9.87. The van der Waals surface area contributed by atoms with Crippen molar-refractivity contribution in [1.29, 1.82) is 0 Å². The Kier molecular flexibility index (Phi) is 8.90. The smallest absolute Gasteiger partial charge is 0.0763 e. The van der Waals surface area contributed by atoms with Crippen LogP contribution in [0.3, 0.4) is 0 Å². The quantitative estimate of drug-likeness (QED) is 0.303. The Hall–Kier alpha value is -0.300. The van der Waals surface area contributed by atoms with E-state index in [-0.39, 0.29) is 5.60 Å². The van der Waals surface area contributed by atoms with E-state index in [0.717, 1.165) is 0 Å². The lowest BCUT2D eigenvalue weighted by atomic mass is 9.69. The first kappa shape index (κ1) is 20.7. The van der Waals surface area contributed by atoms with Gasteiger partial charge in [-0.05, 0) is 50.9 Å². The normalized spacial score (nSPS) is 20.7. The second-order valence-electron chi connectivity index (χ2n) is 9.09. The molecule has 0 amide bonds. The molecule has 1 aliphatic carbocycles. The van der Waals surface area contributed by atoms with Crippen molar-refractivity contribution < 1.29 is 4.74 Å². The molecule has 0 aromatic heterocycles. The van der Waals surface area contributed by atoms with Gasteiger partial charge in [0, 0.05) is 0 Å². The zero-order valence-electron chi connectivity index (χ0n) is 16.8. The molecule has 0 spiro atoms. The fourth-order valence-electron chi connectivity index (χ4n) is 4.30. The molecular formula is C22H42O. The molecule has 23 heavy (non-hydrogen) atoms. The first-order valence-electron chi connectivity index (χ1n) is 10.1. The van der Waals surface area contributed by atoms with Crippen molar-refractivity contribution in [3.8, 4) is 0 Å². The van der Waals surface area contributed by atoms with Crippen molar-refractivity contribution in [3.63, 3.8) is 0 Å². The van der Waals surface area contributed by atoms with Crippen molar-refractivity contribution >= 4 is 0 Å². The summed E-state index contributed by atoms with van der Waals surface area (Å²) >= 11 is 0. The lowest BCUT2D eigenvalue weighted by Gasteiger charge is -2.44. The van der Waals surface area contributed by atoms with E-state index in [9.17, 15) is 0 Å². The molecule has 0 saturated carbocycles. The van der Waals surface area contributed by atoms with E-state index < -0.39 is 0 Å². The molecule has 0 bridgehead atoms. The van der Waals surface area contributed by atoms with E-state index in [2.05, 4.69) is 53.7 Å². The molecule has 2 unspecified atom stereocenters. The van der Waals surface area contributed by atoms with Gasteiger partial charge in [-0.1, -0.05) is 78.4 Å². The molecule has 0 saturated heterocycles. The van der Waals surface area contributed by atoms with Crippen LogP contribution in [0.1, 0.15) is 106 Å². The maximum atomic E-state index is 6.58. The lowest BCUT2D eigenvalue weighted by Crippen LogP contribution is -2.44. The summed E-state index contributed by atoms with van der Waals surface area (Å²) in [4.78, 5) is 0. The van der Waals surface area contributed by atoms with E-state index in [1.54, 1.807) is 0 Å². The first-order valence-corrected chi connectivity index (χ1v) is 10.1. The number of rotatable bonds is 10. The van der Waals surface area contributed by atoms with Crippen LogP contribution in [0.2, 0.25) is 0 Å². The van der Waals surface area contributed by atoms with Gasteiger partial charge in [0.05, 0.1) is 11.7 Å². The topological polar surface area (TPSA) is 9.23 Å². The van der Waals surface area contributed by atoms with Crippen LogP contribution in [0.25, 0.3) is 0 Å². The van der Waals surface area contributed by atoms with Gasteiger partial charge in [0.1, 0.15) is 0 Å². The Morgan fingerprint density at radius 2 is 1.65 bits per heavy atom. The lowest BCUT2D eigenvalue weighted by molar-refractivity contribution is -0.121.